The Bertz CT molecular complexity index is 868. The molecule has 0 unspecified atom stereocenters. The SMILES string of the molecule is CS(=O)(=O)CCN1CCN(C(=O)c2ccc(Cn3cc(Br)cn3)o2)CC1. The summed E-state index contributed by atoms with van der Waals surface area (Å²) in [5.74, 6) is 0.985. The third-order valence-electron chi connectivity index (χ3n) is 4.23. The van der Waals surface area contributed by atoms with Crippen molar-refractivity contribution in [1.29, 1.82) is 0 Å². The largest absolute Gasteiger partial charge is 0.454 e. The summed E-state index contributed by atoms with van der Waals surface area (Å²) in [6.45, 7) is 3.41. The summed E-state index contributed by atoms with van der Waals surface area (Å²) in [5, 5.41) is 4.16. The monoisotopic (exact) mass is 444 g/mol. The molecule has 142 valence electrons. The first-order valence-corrected chi connectivity index (χ1v) is 11.1. The Labute approximate surface area is 160 Å². The van der Waals surface area contributed by atoms with Crippen molar-refractivity contribution in [2.24, 2.45) is 0 Å². The average molecular weight is 445 g/mol. The summed E-state index contributed by atoms with van der Waals surface area (Å²) in [6.07, 6.45) is 4.77. The van der Waals surface area contributed by atoms with Gasteiger partial charge in [0.1, 0.15) is 15.6 Å². The zero-order valence-corrected chi connectivity index (χ0v) is 16.9. The average Bonchev–Trinajstić information content (AvgIpc) is 3.22. The van der Waals surface area contributed by atoms with Crippen molar-refractivity contribution in [3.63, 3.8) is 0 Å². The fourth-order valence-electron chi connectivity index (χ4n) is 2.79. The number of furan rings is 1. The lowest BCUT2D eigenvalue weighted by Crippen LogP contribution is -2.49. The Morgan fingerprint density at radius 3 is 2.62 bits per heavy atom. The minimum Gasteiger partial charge on any atom is -0.454 e. The van der Waals surface area contributed by atoms with Gasteiger partial charge in [-0.2, -0.15) is 5.10 Å². The minimum absolute atomic E-state index is 0.138. The van der Waals surface area contributed by atoms with Crippen LogP contribution in [0.2, 0.25) is 0 Å². The van der Waals surface area contributed by atoms with Crippen molar-refractivity contribution in [2.75, 3.05) is 44.7 Å². The van der Waals surface area contributed by atoms with Gasteiger partial charge in [0.15, 0.2) is 5.76 Å². The number of carbonyl (C=O) groups excluding carboxylic acids is 1. The molecule has 2 aromatic heterocycles. The van der Waals surface area contributed by atoms with Crippen molar-refractivity contribution in [1.82, 2.24) is 19.6 Å². The van der Waals surface area contributed by atoms with Crippen LogP contribution in [-0.4, -0.2) is 78.6 Å². The Morgan fingerprint density at radius 2 is 2.00 bits per heavy atom. The molecule has 3 heterocycles. The van der Waals surface area contributed by atoms with Crippen molar-refractivity contribution >= 4 is 31.7 Å². The molecule has 1 amide bonds. The first-order chi connectivity index (χ1) is 12.3. The highest BCUT2D eigenvalue weighted by Gasteiger charge is 2.24. The second-order valence-electron chi connectivity index (χ2n) is 6.39. The maximum atomic E-state index is 12.6. The van der Waals surface area contributed by atoms with Gasteiger partial charge < -0.3 is 9.32 Å². The van der Waals surface area contributed by atoms with E-state index < -0.39 is 9.84 Å². The van der Waals surface area contributed by atoms with Crippen molar-refractivity contribution in [3.05, 3.63) is 40.5 Å². The quantitative estimate of drug-likeness (QED) is 0.662. The molecule has 1 saturated heterocycles. The number of aromatic nitrogens is 2. The molecule has 10 heteroatoms. The standard InChI is InChI=1S/C16H21BrN4O4S/c1-26(23,24)9-8-19-4-6-20(7-5-19)16(22)15-3-2-14(25-15)12-21-11-13(17)10-18-21/h2-3,10-11H,4-9,12H2,1H3. The second kappa shape index (κ2) is 7.93. The third-order valence-corrected chi connectivity index (χ3v) is 5.56. The lowest BCUT2D eigenvalue weighted by atomic mass is 10.3. The highest BCUT2D eigenvalue weighted by atomic mass is 79.9. The molecule has 1 aliphatic heterocycles. The predicted octanol–water partition coefficient (Wildman–Crippen LogP) is 1.09. The minimum atomic E-state index is -2.97. The molecule has 26 heavy (non-hydrogen) atoms. The fourth-order valence-corrected chi connectivity index (χ4v) is 3.71. The smallest absolute Gasteiger partial charge is 0.289 e. The van der Waals surface area contributed by atoms with E-state index in [4.69, 9.17) is 4.42 Å². The van der Waals surface area contributed by atoms with Gasteiger partial charge in [-0.25, -0.2) is 8.42 Å². The summed E-state index contributed by atoms with van der Waals surface area (Å²) in [6, 6.07) is 3.47. The molecule has 0 radical (unpaired) electrons. The summed E-state index contributed by atoms with van der Waals surface area (Å²) in [7, 11) is -2.97. The van der Waals surface area contributed by atoms with E-state index in [1.807, 2.05) is 6.20 Å². The fraction of sp³-hybridized carbons (Fsp3) is 0.500. The lowest BCUT2D eigenvalue weighted by molar-refractivity contribution is 0.0611. The Balaban J connectivity index is 1.52. The van der Waals surface area contributed by atoms with Crippen molar-refractivity contribution < 1.29 is 17.6 Å². The number of amides is 1. The number of carbonyl (C=O) groups is 1. The summed E-state index contributed by atoms with van der Waals surface area (Å²) >= 11 is 3.34. The third kappa shape index (κ3) is 5.18. The molecule has 1 aliphatic rings. The van der Waals surface area contributed by atoms with Gasteiger partial charge >= 0.3 is 0 Å². The van der Waals surface area contributed by atoms with E-state index in [-0.39, 0.29) is 11.7 Å². The van der Waals surface area contributed by atoms with Gasteiger partial charge in [-0.05, 0) is 28.1 Å². The number of nitrogens with zero attached hydrogens (tertiary/aromatic N) is 4. The molecular weight excluding hydrogens is 424 g/mol. The van der Waals surface area contributed by atoms with Crippen LogP contribution in [0.15, 0.2) is 33.4 Å². The van der Waals surface area contributed by atoms with Gasteiger partial charge in [-0.1, -0.05) is 0 Å². The van der Waals surface area contributed by atoms with Crippen molar-refractivity contribution in [3.8, 4) is 0 Å². The van der Waals surface area contributed by atoms with E-state index in [0.717, 1.165) is 4.47 Å². The molecule has 0 atom stereocenters. The van der Waals surface area contributed by atoms with E-state index in [9.17, 15) is 13.2 Å². The highest BCUT2D eigenvalue weighted by Crippen LogP contribution is 2.15. The summed E-state index contributed by atoms with van der Waals surface area (Å²) < 4.78 is 30.8. The Morgan fingerprint density at radius 1 is 1.27 bits per heavy atom. The van der Waals surface area contributed by atoms with Gasteiger partial charge in [-0.15, -0.1) is 0 Å². The maximum Gasteiger partial charge on any atom is 0.289 e. The molecular formula is C16H21BrN4O4S. The van der Waals surface area contributed by atoms with Crippen LogP contribution in [0.4, 0.5) is 0 Å². The van der Waals surface area contributed by atoms with E-state index >= 15 is 0 Å². The van der Waals surface area contributed by atoms with E-state index in [1.165, 1.54) is 6.26 Å². The van der Waals surface area contributed by atoms with Crippen molar-refractivity contribution in [2.45, 2.75) is 6.54 Å². The van der Waals surface area contributed by atoms with E-state index in [1.54, 1.807) is 27.9 Å². The second-order valence-corrected chi connectivity index (χ2v) is 9.56. The molecule has 0 bridgehead atoms. The zero-order chi connectivity index (χ0) is 18.7. The zero-order valence-electron chi connectivity index (χ0n) is 14.5. The number of sulfone groups is 1. The van der Waals surface area contributed by atoms with Crippen LogP contribution in [0.5, 0.6) is 0 Å². The van der Waals surface area contributed by atoms with Crippen LogP contribution >= 0.6 is 15.9 Å². The molecule has 3 rings (SSSR count). The predicted molar refractivity (Wildman–Crippen MR) is 99.8 cm³/mol. The van der Waals surface area contributed by atoms with E-state index in [0.29, 0.717) is 50.8 Å². The van der Waals surface area contributed by atoms with E-state index in [2.05, 4.69) is 25.9 Å². The molecule has 2 aromatic rings. The maximum absolute atomic E-state index is 12.6. The number of hydrogen-bond acceptors (Lipinski definition) is 6. The molecule has 0 saturated carbocycles. The normalized spacial score (nSPS) is 16.2. The number of hydrogen-bond donors (Lipinski definition) is 0. The van der Waals surface area contributed by atoms with Crippen LogP contribution < -0.4 is 0 Å². The van der Waals surface area contributed by atoms with Gasteiger partial charge in [0.2, 0.25) is 0 Å². The summed E-state index contributed by atoms with van der Waals surface area (Å²) in [5.41, 5.74) is 0. The van der Waals surface area contributed by atoms with Gasteiger partial charge in [0, 0.05) is 45.2 Å². The van der Waals surface area contributed by atoms with Crippen LogP contribution in [-0.2, 0) is 16.4 Å². The Hall–Kier alpha value is -1.65. The first kappa shape index (κ1) is 19.1. The number of rotatable bonds is 6. The molecule has 0 N–H and O–H groups in total. The molecule has 0 aliphatic carbocycles. The molecule has 1 fully saturated rings. The van der Waals surface area contributed by atoms with Crippen LogP contribution in [0.25, 0.3) is 0 Å². The number of halogens is 1. The number of piperazine rings is 1. The lowest BCUT2D eigenvalue weighted by Gasteiger charge is -2.34. The Kier molecular flexibility index (Phi) is 5.83. The van der Waals surface area contributed by atoms with Crippen LogP contribution in [0.1, 0.15) is 16.3 Å². The molecule has 0 aromatic carbocycles. The first-order valence-electron chi connectivity index (χ1n) is 8.26. The van der Waals surface area contributed by atoms with Crippen LogP contribution in [0, 0.1) is 0 Å². The van der Waals surface area contributed by atoms with Crippen LogP contribution in [0.3, 0.4) is 0 Å². The van der Waals surface area contributed by atoms with Gasteiger partial charge in [0.05, 0.1) is 23.0 Å². The van der Waals surface area contributed by atoms with Gasteiger partial charge in [0.25, 0.3) is 5.91 Å². The molecule has 8 nitrogen and oxygen atoms in total. The van der Waals surface area contributed by atoms with Gasteiger partial charge in [-0.3, -0.25) is 14.4 Å². The summed E-state index contributed by atoms with van der Waals surface area (Å²) in [4.78, 5) is 16.4. The molecule has 0 spiro atoms. The topological polar surface area (TPSA) is 88.7 Å². The highest BCUT2D eigenvalue weighted by molar-refractivity contribution is 9.10.